The van der Waals surface area contributed by atoms with Gasteiger partial charge in [0.15, 0.2) is 0 Å². The van der Waals surface area contributed by atoms with E-state index in [0.717, 1.165) is 65.1 Å². The largest absolute Gasteiger partial charge is 0.465 e. The first-order valence-corrected chi connectivity index (χ1v) is 8.45. The topological polar surface area (TPSA) is 50.8 Å². The Hall–Kier alpha value is -0.650. The summed E-state index contributed by atoms with van der Waals surface area (Å²) in [5, 5.41) is 3.46. The van der Waals surface area contributed by atoms with Crippen molar-refractivity contribution < 1.29 is 14.3 Å². The molecule has 0 amide bonds. The Kier molecular flexibility index (Phi) is 6.45. The molecular weight excluding hydrogens is 268 g/mol. The molecule has 0 aromatic carbocycles. The second-order valence-electron chi connectivity index (χ2n) is 6.05. The van der Waals surface area contributed by atoms with Crippen molar-refractivity contribution in [3.8, 4) is 0 Å². The third kappa shape index (κ3) is 3.96. The molecular formula is C16H30N2O3. The van der Waals surface area contributed by atoms with E-state index in [1.807, 2.05) is 6.92 Å². The van der Waals surface area contributed by atoms with Crippen molar-refractivity contribution in [2.24, 2.45) is 5.92 Å². The van der Waals surface area contributed by atoms with E-state index in [-0.39, 0.29) is 5.97 Å². The van der Waals surface area contributed by atoms with E-state index in [2.05, 4.69) is 17.1 Å². The lowest BCUT2D eigenvalue weighted by atomic mass is 9.84. The number of hydrogen-bond acceptors (Lipinski definition) is 5. The molecule has 5 nitrogen and oxygen atoms in total. The molecule has 2 fully saturated rings. The van der Waals surface area contributed by atoms with Gasteiger partial charge < -0.3 is 14.8 Å². The highest BCUT2D eigenvalue weighted by Crippen LogP contribution is 2.39. The molecule has 0 radical (unpaired) electrons. The van der Waals surface area contributed by atoms with Crippen LogP contribution in [-0.4, -0.2) is 62.4 Å². The maximum atomic E-state index is 12.5. The zero-order chi connectivity index (χ0) is 15.1. The SMILES string of the molecule is CCNC1(C(=O)OCC)CCCC1CCN1CCOCC1. The molecule has 0 spiro atoms. The van der Waals surface area contributed by atoms with Crippen LogP contribution >= 0.6 is 0 Å². The van der Waals surface area contributed by atoms with Crippen molar-refractivity contribution >= 4 is 5.97 Å². The average molecular weight is 298 g/mol. The van der Waals surface area contributed by atoms with Crippen LogP contribution in [0.25, 0.3) is 0 Å². The zero-order valence-electron chi connectivity index (χ0n) is 13.5. The number of nitrogens with zero attached hydrogens (tertiary/aromatic N) is 1. The summed E-state index contributed by atoms with van der Waals surface area (Å²) < 4.78 is 10.8. The van der Waals surface area contributed by atoms with Crippen LogP contribution in [0.2, 0.25) is 0 Å². The number of carbonyl (C=O) groups excluding carboxylic acids is 1. The van der Waals surface area contributed by atoms with Crippen molar-refractivity contribution in [1.82, 2.24) is 10.2 Å². The van der Waals surface area contributed by atoms with Crippen LogP contribution in [0.4, 0.5) is 0 Å². The van der Waals surface area contributed by atoms with Gasteiger partial charge in [0.1, 0.15) is 5.54 Å². The van der Waals surface area contributed by atoms with E-state index in [0.29, 0.717) is 12.5 Å². The zero-order valence-corrected chi connectivity index (χ0v) is 13.5. The first-order chi connectivity index (χ1) is 10.2. The number of carbonyl (C=O) groups is 1. The van der Waals surface area contributed by atoms with Gasteiger partial charge in [0.2, 0.25) is 0 Å². The number of esters is 1. The van der Waals surface area contributed by atoms with Gasteiger partial charge >= 0.3 is 5.97 Å². The number of rotatable bonds is 7. The van der Waals surface area contributed by atoms with Gasteiger partial charge in [-0.05, 0) is 45.2 Å². The molecule has 0 aromatic rings. The fourth-order valence-corrected chi connectivity index (χ4v) is 3.78. The van der Waals surface area contributed by atoms with Crippen LogP contribution in [0.5, 0.6) is 0 Å². The second-order valence-corrected chi connectivity index (χ2v) is 6.05. The highest BCUT2D eigenvalue weighted by atomic mass is 16.5. The lowest BCUT2D eigenvalue weighted by Gasteiger charge is -2.35. The van der Waals surface area contributed by atoms with Crippen molar-refractivity contribution in [1.29, 1.82) is 0 Å². The van der Waals surface area contributed by atoms with Gasteiger partial charge in [0.25, 0.3) is 0 Å². The Morgan fingerprint density at radius 2 is 2.14 bits per heavy atom. The van der Waals surface area contributed by atoms with Crippen molar-refractivity contribution in [2.75, 3.05) is 46.0 Å². The summed E-state index contributed by atoms with van der Waals surface area (Å²) in [7, 11) is 0. The molecule has 1 aliphatic heterocycles. The maximum absolute atomic E-state index is 12.5. The third-order valence-corrected chi connectivity index (χ3v) is 4.85. The summed E-state index contributed by atoms with van der Waals surface area (Å²) in [5.74, 6) is 0.343. The maximum Gasteiger partial charge on any atom is 0.326 e. The predicted molar refractivity (Wildman–Crippen MR) is 82.3 cm³/mol. The lowest BCUT2D eigenvalue weighted by molar-refractivity contribution is -0.153. The van der Waals surface area contributed by atoms with Crippen LogP contribution in [0.15, 0.2) is 0 Å². The molecule has 2 atom stereocenters. The molecule has 0 bridgehead atoms. The van der Waals surface area contributed by atoms with Gasteiger partial charge in [0, 0.05) is 13.1 Å². The minimum absolute atomic E-state index is 0.0451. The van der Waals surface area contributed by atoms with Gasteiger partial charge in [0.05, 0.1) is 19.8 Å². The van der Waals surface area contributed by atoms with E-state index in [1.165, 1.54) is 0 Å². The highest BCUT2D eigenvalue weighted by molar-refractivity contribution is 5.81. The molecule has 21 heavy (non-hydrogen) atoms. The molecule has 1 saturated carbocycles. The minimum Gasteiger partial charge on any atom is -0.465 e. The van der Waals surface area contributed by atoms with Crippen molar-refractivity contribution in [2.45, 2.75) is 45.1 Å². The van der Waals surface area contributed by atoms with Gasteiger partial charge in [-0.25, -0.2) is 0 Å². The summed E-state index contributed by atoms with van der Waals surface area (Å²) in [6.07, 6.45) is 4.20. The monoisotopic (exact) mass is 298 g/mol. The van der Waals surface area contributed by atoms with Crippen LogP contribution in [0.3, 0.4) is 0 Å². The van der Waals surface area contributed by atoms with E-state index in [9.17, 15) is 4.79 Å². The summed E-state index contributed by atoms with van der Waals surface area (Å²) >= 11 is 0. The summed E-state index contributed by atoms with van der Waals surface area (Å²) in [5.41, 5.74) is -0.447. The van der Waals surface area contributed by atoms with E-state index >= 15 is 0 Å². The fourth-order valence-electron chi connectivity index (χ4n) is 3.78. The molecule has 2 rings (SSSR count). The predicted octanol–water partition coefficient (Wildman–Crippen LogP) is 1.42. The van der Waals surface area contributed by atoms with Crippen LogP contribution in [-0.2, 0) is 14.3 Å². The molecule has 1 aliphatic carbocycles. The van der Waals surface area contributed by atoms with Crippen LogP contribution < -0.4 is 5.32 Å². The standard InChI is InChI=1S/C16H30N2O3/c1-3-17-16(15(19)21-4-2)8-5-6-14(16)7-9-18-10-12-20-13-11-18/h14,17H,3-13H2,1-2H3. The quantitative estimate of drug-likeness (QED) is 0.720. The number of likely N-dealkylation sites (N-methyl/N-ethyl adjacent to an activating group) is 1. The van der Waals surface area contributed by atoms with Gasteiger partial charge in [-0.3, -0.25) is 9.69 Å². The normalized spacial score (nSPS) is 30.5. The Morgan fingerprint density at radius 1 is 1.38 bits per heavy atom. The molecule has 2 unspecified atom stereocenters. The van der Waals surface area contributed by atoms with Crippen LogP contribution in [0.1, 0.15) is 39.5 Å². The van der Waals surface area contributed by atoms with Crippen LogP contribution in [0, 0.1) is 5.92 Å². The highest BCUT2D eigenvalue weighted by Gasteiger charge is 2.49. The first-order valence-electron chi connectivity index (χ1n) is 8.45. The van der Waals surface area contributed by atoms with E-state index in [4.69, 9.17) is 9.47 Å². The van der Waals surface area contributed by atoms with Gasteiger partial charge in [-0.15, -0.1) is 0 Å². The summed E-state index contributed by atoms with van der Waals surface area (Å²) in [6, 6.07) is 0. The molecule has 5 heteroatoms. The summed E-state index contributed by atoms with van der Waals surface area (Å²) in [4.78, 5) is 14.9. The smallest absolute Gasteiger partial charge is 0.326 e. The fraction of sp³-hybridized carbons (Fsp3) is 0.938. The number of nitrogens with one attached hydrogen (secondary N) is 1. The molecule has 1 heterocycles. The lowest BCUT2D eigenvalue weighted by Crippen LogP contribution is -2.56. The average Bonchev–Trinajstić information content (AvgIpc) is 2.91. The Bertz CT molecular complexity index is 331. The molecule has 122 valence electrons. The van der Waals surface area contributed by atoms with Crippen molar-refractivity contribution in [3.05, 3.63) is 0 Å². The Balaban J connectivity index is 1.96. The Morgan fingerprint density at radius 3 is 2.81 bits per heavy atom. The molecule has 2 aliphatic rings. The van der Waals surface area contributed by atoms with Gasteiger partial charge in [-0.2, -0.15) is 0 Å². The summed E-state index contributed by atoms with van der Waals surface area (Å²) in [6.45, 7) is 9.98. The van der Waals surface area contributed by atoms with Crippen molar-refractivity contribution in [3.63, 3.8) is 0 Å². The molecule has 0 aromatic heterocycles. The first kappa shape index (κ1) is 16.7. The van der Waals surface area contributed by atoms with E-state index < -0.39 is 5.54 Å². The number of ether oxygens (including phenoxy) is 2. The third-order valence-electron chi connectivity index (χ3n) is 4.85. The number of morpholine rings is 1. The Labute approximate surface area is 128 Å². The van der Waals surface area contributed by atoms with Gasteiger partial charge in [-0.1, -0.05) is 13.3 Å². The molecule has 1 saturated heterocycles. The number of hydrogen-bond donors (Lipinski definition) is 1. The molecule has 1 N–H and O–H groups in total. The minimum atomic E-state index is -0.447. The van der Waals surface area contributed by atoms with E-state index in [1.54, 1.807) is 0 Å². The second kappa shape index (κ2) is 8.11.